The number of anilines is 1. The quantitative estimate of drug-likeness (QED) is 0.456. The standard InChI is InChI=1S/C23H20BrNO6/c1-14-21(23(28)30-3)19(22(27)25(14)17-6-4-5-16(24)12-17)11-15-7-9-18(10-8-15)31-13-20(26)29-2/h4-12H,13H2,1-3H3/b19-11-. The van der Waals surface area contributed by atoms with Crippen LogP contribution >= 0.6 is 15.9 Å². The van der Waals surface area contributed by atoms with E-state index >= 15 is 0 Å². The Hall–Kier alpha value is -3.39. The molecule has 1 heterocycles. The van der Waals surface area contributed by atoms with E-state index in [1.165, 1.54) is 19.1 Å². The summed E-state index contributed by atoms with van der Waals surface area (Å²) in [6, 6.07) is 14.0. The van der Waals surface area contributed by atoms with Crippen LogP contribution in [0.3, 0.4) is 0 Å². The lowest BCUT2D eigenvalue weighted by atomic mass is 10.0. The Kier molecular flexibility index (Phi) is 6.91. The molecule has 0 N–H and O–H groups in total. The number of hydrogen-bond acceptors (Lipinski definition) is 6. The highest BCUT2D eigenvalue weighted by molar-refractivity contribution is 9.10. The molecular weight excluding hydrogens is 466 g/mol. The van der Waals surface area contributed by atoms with E-state index in [4.69, 9.17) is 9.47 Å². The molecule has 2 aromatic carbocycles. The maximum absolute atomic E-state index is 13.3. The van der Waals surface area contributed by atoms with Crippen molar-refractivity contribution in [1.82, 2.24) is 0 Å². The zero-order valence-electron chi connectivity index (χ0n) is 17.2. The van der Waals surface area contributed by atoms with Crippen molar-refractivity contribution in [2.24, 2.45) is 0 Å². The molecule has 0 atom stereocenters. The molecule has 1 amide bonds. The fourth-order valence-corrected chi connectivity index (χ4v) is 3.52. The number of esters is 2. The highest BCUT2D eigenvalue weighted by atomic mass is 79.9. The third kappa shape index (κ3) is 4.86. The lowest BCUT2D eigenvalue weighted by Crippen LogP contribution is -2.24. The number of halogens is 1. The van der Waals surface area contributed by atoms with Crippen LogP contribution in [0, 0.1) is 0 Å². The molecule has 0 aromatic heterocycles. The number of ether oxygens (including phenoxy) is 3. The molecule has 0 spiro atoms. The number of carbonyl (C=O) groups is 3. The van der Waals surface area contributed by atoms with E-state index in [1.807, 2.05) is 12.1 Å². The average molecular weight is 486 g/mol. The van der Waals surface area contributed by atoms with E-state index in [0.29, 0.717) is 22.7 Å². The minimum Gasteiger partial charge on any atom is -0.482 e. The number of methoxy groups -OCH3 is 2. The van der Waals surface area contributed by atoms with Crippen LogP contribution in [0.1, 0.15) is 12.5 Å². The van der Waals surface area contributed by atoms with Crippen LogP contribution in [0.4, 0.5) is 5.69 Å². The van der Waals surface area contributed by atoms with Crippen LogP contribution in [0.15, 0.2) is 69.8 Å². The lowest BCUT2D eigenvalue weighted by Gasteiger charge is -2.18. The second kappa shape index (κ2) is 9.61. The number of carbonyl (C=O) groups excluding carboxylic acids is 3. The van der Waals surface area contributed by atoms with E-state index in [1.54, 1.807) is 49.4 Å². The molecule has 0 unspecified atom stereocenters. The van der Waals surface area contributed by atoms with Crippen molar-refractivity contribution in [2.45, 2.75) is 6.92 Å². The molecule has 0 saturated carbocycles. The third-order valence-electron chi connectivity index (χ3n) is 4.63. The maximum atomic E-state index is 13.3. The lowest BCUT2D eigenvalue weighted by molar-refractivity contribution is -0.143. The van der Waals surface area contributed by atoms with Crippen molar-refractivity contribution < 1.29 is 28.6 Å². The topological polar surface area (TPSA) is 82.1 Å². The van der Waals surface area contributed by atoms with E-state index < -0.39 is 11.9 Å². The largest absolute Gasteiger partial charge is 0.482 e. The first-order valence-corrected chi connectivity index (χ1v) is 10.1. The van der Waals surface area contributed by atoms with Gasteiger partial charge in [0, 0.05) is 10.2 Å². The zero-order chi connectivity index (χ0) is 22.5. The van der Waals surface area contributed by atoms with Crippen molar-refractivity contribution in [3.05, 3.63) is 75.4 Å². The van der Waals surface area contributed by atoms with Crippen LogP contribution < -0.4 is 9.64 Å². The first-order valence-electron chi connectivity index (χ1n) is 9.26. The van der Waals surface area contributed by atoms with Gasteiger partial charge in [0.15, 0.2) is 6.61 Å². The third-order valence-corrected chi connectivity index (χ3v) is 5.12. The molecule has 1 aliphatic rings. The van der Waals surface area contributed by atoms with Crippen LogP contribution in [-0.2, 0) is 23.9 Å². The fraction of sp³-hybridized carbons (Fsp3) is 0.174. The molecule has 31 heavy (non-hydrogen) atoms. The number of nitrogens with zero attached hydrogens (tertiary/aromatic N) is 1. The average Bonchev–Trinajstić information content (AvgIpc) is 3.01. The maximum Gasteiger partial charge on any atom is 0.343 e. The Morgan fingerprint density at radius 1 is 1.06 bits per heavy atom. The van der Waals surface area contributed by atoms with Gasteiger partial charge in [0.2, 0.25) is 0 Å². The SMILES string of the molecule is COC(=O)COc1ccc(/C=C2\C(=O)N(c3cccc(Br)c3)C(C)=C2C(=O)OC)cc1. The highest BCUT2D eigenvalue weighted by Crippen LogP contribution is 2.36. The second-order valence-electron chi connectivity index (χ2n) is 6.56. The predicted octanol–water partition coefficient (Wildman–Crippen LogP) is 3.88. The van der Waals surface area contributed by atoms with E-state index in [-0.39, 0.29) is 23.7 Å². The molecular formula is C23H20BrNO6. The number of benzene rings is 2. The number of hydrogen-bond donors (Lipinski definition) is 0. The van der Waals surface area contributed by atoms with Crippen LogP contribution in [0.5, 0.6) is 5.75 Å². The van der Waals surface area contributed by atoms with Gasteiger partial charge in [-0.1, -0.05) is 34.1 Å². The second-order valence-corrected chi connectivity index (χ2v) is 7.48. The summed E-state index contributed by atoms with van der Waals surface area (Å²) in [7, 11) is 2.56. The van der Waals surface area contributed by atoms with E-state index in [9.17, 15) is 14.4 Å². The van der Waals surface area contributed by atoms with Crippen molar-refractivity contribution in [3.8, 4) is 5.75 Å². The van der Waals surface area contributed by atoms with Gasteiger partial charge in [-0.2, -0.15) is 0 Å². The summed E-state index contributed by atoms with van der Waals surface area (Å²) in [5.41, 5.74) is 2.23. The molecule has 0 radical (unpaired) electrons. The van der Waals surface area contributed by atoms with Crippen molar-refractivity contribution in [1.29, 1.82) is 0 Å². The predicted molar refractivity (Wildman–Crippen MR) is 118 cm³/mol. The molecule has 7 nitrogen and oxygen atoms in total. The van der Waals surface area contributed by atoms with Gasteiger partial charge in [-0.25, -0.2) is 9.59 Å². The summed E-state index contributed by atoms with van der Waals surface area (Å²) < 4.78 is 15.6. The highest BCUT2D eigenvalue weighted by Gasteiger charge is 2.37. The van der Waals surface area contributed by atoms with E-state index in [2.05, 4.69) is 20.7 Å². The summed E-state index contributed by atoms with van der Waals surface area (Å²) in [5.74, 6) is -0.936. The Balaban J connectivity index is 1.95. The van der Waals surface area contributed by atoms with Gasteiger partial charge in [0.1, 0.15) is 5.75 Å². The van der Waals surface area contributed by atoms with Crippen molar-refractivity contribution in [3.63, 3.8) is 0 Å². The fourth-order valence-electron chi connectivity index (χ4n) is 3.13. The van der Waals surface area contributed by atoms with Gasteiger partial charge in [-0.3, -0.25) is 9.69 Å². The molecule has 2 aromatic rings. The molecule has 0 saturated heterocycles. The Morgan fingerprint density at radius 3 is 2.39 bits per heavy atom. The van der Waals surface area contributed by atoms with E-state index in [0.717, 1.165) is 4.47 Å². The van der Waals surface area contributed by atoms with Gasteiger partial charge < -0.3 is 14.2 Å². The zero-order valence-corrected chi connectivity index (χ0v) is 18.8. The first kappa shape index (κ1) is 22.3. The molecule has 1 aliphatic heterocycles. The van der Waals surface area contributed by atoms with Crippen LogP contribution in [0.2, 0.25) is 0 Å². The van der Waals surface area contributed by atoms with Gasteiger partial charge in [-0.05, 0) is 48.9 Å². The summed E-state index contributed by atoms with van der Waals surface area (Å²) in [4.78, 5) is 38.4. The molecule has 0 bridgehead atoms. The molecule has 0 fully saturated rings. The van der Waals surface area contributed by atoms with Crippen LogP contribution in [-0.4, -0.2) is 38.7 Å². The monoisotopic (exact) mass is 485 g/mol. The minimum atomic E-state index is -0.590. The molecule has 3 rings (SSSR count). The normalized spacial score (nSPS) is 14.8. The molecule has 160 valence electrons. The summed E-state index contributed by atoms with van der Waals surface area (Å²) in [6.45, 7) is 1.50. The number of rotatable bonds is 6. The van der Waals surface area contributed by atoms with Gasteiger partial charge in [-0.15, -0.1) is 0 Å². The molecule has 8 heteroatoms. The van der Waals surface area contributed by atoms with Gasteiger partial charge in [0.25, 0.3) is 5.91 Å². The smallest absolute Gasteiger partial charge is 0.343 e. The van der Waals surface area contributed by atoms with Crippen LogP contribution in [0.25, 0.3) is 6.08 Å². The Morgan fingerprint density at radius 2 is 1.77 bits per heavy atom. The summed E-state index contributed by atoms with van der Waals surface area (Å²) >= 11 is 3.41. The van der Waals surface area contributed by atoms with Crippen molar-refractivity contribution in [2.75, 3.05) is 25.7 Å². The molecule has 0 aliphatic carbocycles. The summed E-state index contributed by atoms with van der Waals surface area (Å²) in [5, 5.41) is 0. The first-order chi connectivity index (χ1) is 14.8. The minimum absolute atomic E-state index is 0.203. The number of amides is 1. The Labute approximate surface area is 188 Å². The van der Waals surface area contributed by atoms with Gasteiger partial charge >= 0.3 is 11.9 Å². The van der Waals surface area contributed by atoms with Gasteiger partial charge in [0.05, 0.1) is 31.1 Å². The number of allylic oxidation sites excluding steroid dienone is 1. The van der Waals surface area contributed by atoms with Crippen molar-refractivity contribution >= 4 is 45.5 Å². The Bertz CT molecular complexity index is 1090. The summed E-state index contributed by atoms with van der Waals surface area (Å²) in [6.07, 6.45) is 1.63.